The first-order chi connectivity index (χ1) is 8.74. The van der Waals surface area contributed by atoms with E-state index in [1.54, 1.807) is 0 Å². The summed E-state index contributed by atoms with van der Waals surface area (Å²) in [6, 6.07) is 6.03. The average molecular weight is 244 g/mol. The fourth-order valence-corrected chi connectivity index (χ4v) is 2.07. The van der Waals surface area contributed by atoms with Crippen molar-refractivity contribution in [3.05, 3.63) is 35.9 Å². The van der Waals surface area contributed by atoms with Crippen molar-refractivity contribution in [1.29, 1.82) is 0 Å². The Hall–Kier alpha value is -1.68. The third-order valence-corrected chi connectivity index (χ3v) is 3.05. The average Bonchev–Trinajstić information content (AvgIpc) is 2.89. The first-order valence-corrected chi connectivity index (χ1v) is 6.38. The van der Waals surface area contributed by atoms with E-state index in [2.05, 4.69) is 27.2 Å². The Morgan fingerprint density at radius 3 is 2.83 bits per heavy atom. The maximum atomic E-state index is 4.68. The summed E-state index contributed by atoms with van der Waals surface area (Å²) in [5.41, 5.74) is 3.03. The molecule has 0 spiro atoms. The maximum absolute atomic E-state index is 4.68. The van der Waals surface area contributed by atoms with Crippen LogP contribution in [0, 0.1) is 6.92 Å². The lowest BCUT2D eigenvalue weighted by molar-refractivity contribution is 0.579. The molecular formula is C14H20N4. The van der Waals surface area contributed by atoms with Crippen LogP contribution < -0.4 is 5.32 Å². The number of likely N-dealkylation sites (N-methyl/N-ethyl adjacent to an activating group) is 1. The molecular weight excluding hydrogens is 224 g/mol. The van der Waals surface area contributed by atoms with E-state index in [1.807, 2.05) is 38.4 Å². The summed E-state index contributed by atoms with van der Waals surface area (Å²) >= 11 is 0. The monoisotopic (exact) mass is 244 g/mol. The molecule has 2 aromatic heterocycles. The van der Waals surface area contributed by atoms with Gasteiger partial charge in [0.15, 0.2) is 0 Å². The molecule has 0 saturated heterocycles. The third-order valence-electron chi connectivity index (χ3n) is 3.05. The Labute approximate surface area is 108 Å². The molecule has 0 amide bonds. The van der Waals surface area contributed by atoms with Crippen LogP contribution >= 0.6 is 0 Å². The summed E-state index contributed by atoms with van der Waals surface area (Å²) in [5, 5.41) is 3.20. The zero-order valence-corrected chi connectivity index (χ0v) is 11.2. The lowest BCUT2D eigenvalue weighted by Gasteiger charge is -2.14. The van der Waals surface area contributed by atoms with Gasteiger partial charge in [-0.25, -0.2) is 9.97 Å². The molecule has 0 aliphatic carbocycles. The van der Waals surface area contributed by atoms with Crippen LogP contribution in [-0.2, 0) is 0 Å². The largest absolute Gasteiger partial charge is 0.360 e. The number of hydrogen-bond acceptors (Lipinski definition) is 3. The van der Waals surface area contributed by atoms with Gasteiger partial charge in [-0.2, -0.15) is 0 Å². The van der Waals surface area contributed by atoms with Crippen LogP contribution in [0.5, 0.6) is 0 Å². The van der Waals surface area contributed by atoms with Crippen LogP contribution in [-0.4, -0.2) is 28.5 Å². The van der Waals surface area contributed by atoms with E-state index in [-0.39, 0.29) is 0 Å². The second-order valence-corrected chi connectivity index (χ2v) is 4.50. The summed E-state index contributed by atoms with van der Waals surface area (Å²) in [5.74, 6) is 1.29. The summed E-state index contributed by atoms with van der Waals surface area (Å²) in [6.07, 6.45) is 2.95. The molecule has 0 aliphatic heterocycles. The SMILES string of the molecule is CCC(CNC)c1nc(C)cc(-c2ccc[nH]2)n1. The first-order valence-electron chi connectivity index (χ1n) is 6.38. The number of aromatic amines is 1. The minimum Gasteiger partial charge on any atom is -0.360 e. The number of aromatic nitrogens is 3. The molecule has 1 atom stereocenters. The Morgan fingerprint density at radius 1 is 1.39 bits per heavy atom. The molecule has 0 bridgehead atoms. The van der Waals surface area contributed by atoms with Gasteiger partial charge in [0.05, 0.1) is 11.4 Å². The second kappa shape index (κ2) is 5.78. The lowest BCUT2D eigenvalue weighted by Crippen LogP contribution is -2.19. The summed E-state index contributed by atoms with van der Waals surface area (Å²) < 4.78 is 0. The van der Waals surface area contributed by atoms with Crippen molar-refractivity contribution in [2.45, 2.75) is 26.2 Å². The van der Waals surface area contributed by atoms with Crippen molar-refractivity contribution in [3.8, 4) is 11.4 Å². The summed E-state index contributed by atoms with van der Waals surface area (Å²) in [6.45, 7) is 5.09. The fraction of sp³-hybridized carbons (Fsp3) is 0.429. The van der Waals surface area contributed by atoms with Crippen molar-refractivity contribution < 1.29 is 0 Å². The van der Waals surface area contributed by atoms with Crippen molar-refractivity contribution in [3.63, 3.8) is 0 Å². The highest BCUT2D eigenvalue weighted by Crippen LogP contribution is 2.20. The molecule has 0 aliphatic rings. The van der Waals surface area contributed by atoms with Crippen LogP contribution in [0.1, 0.15) is 30.8 Å². The van der Waals surface area contributed by atoms with Gasteiger partial charge in [0.1, 0.15) is 5.82 Å². The van der Waals surface area contributed by atoms with Crippen LogP contribution in [0.15, 0.2) is 24.4 Å². The number of nitrogens with one attached hydrogen (secondary N) is 2. The van der Waals surface area contributed by atoms with Crippen LogP contribution in [0.2, 0.25) is 0 Å². The molecule has 4 heteroatoms. The molecule has 18 heavy (non-hydrogen) atoms. The molecule has 2 aromatic rings. The van der Waals surface area contributed by atoms with Crippen molar-refractivity contribution in [2.24, 2.45) is 0 Å². The van der Waals surface area contributed by atoms with E-state index in [1.165, 1.54) is 0 Å². The normalized spacial score (nSPS) is 12.6. The van der Waals surface area contributed by atoms with Gasteiger partial charge in [0, 0.05) is 24.4 Å². The number of hydrogen-bond donors (Lipinski definition) is 2. The van der Waals surface area contributed by atoms with E-state index < -0.39 is 0 Å². The standard InChI is InChI=1S/C14H20N4/c1-4-11(9-15-3)14-17-10(2)8-13(18-14)12-6-5-7-16-12/h5-8,11,15-16H,4,9H2,1-3H3. The van der Waals surface area contributed by atoms with Crippen LogP contribution in [0.4, 0.5) is 0 Å². The zero-order valence-electron chi connectivity index (χ0n) is 11.2. The molecule has 0 saturated carbocycles. The second-order valence-electron chi connectivity index (χ2n) is 4.50. The van der Waals surface area contributed by atoms with Gasteiger partial charge in [0.25, 0.3) is 0 Å². The van der Waals surface area contributed by atoms with Gasteiger partial charge in [-0.3, -0.25) is 0 Å². The Bertz CT molecular complexity index is 491. The van der Waals surface area contributed by atoms with Crippen LogP contribution in [0.3, 0.4) is 0 Å². The predicted octanol–water partition coefficient (Wildman–Crippen LogP) is 2.49. The summed E-state index contributed by atoms with van der Waals surface area (Å²) in [4.78, 5) is 12.4. The van der Waals surface area contributed by atoms with Gasteiger partial charge in [-0.1, -0.05) is 6.92 Å². The number of H-pyrrole nitrogens is 1. The minimum atomic E-state index is 0.364. The Kier molecular flexibility index (Phi) is 4.10. The first kappa shape index (κ1) is 12.8. The van der Waals surface area contributed by atoms with Crippen molar-refractivity contribution in [2.75, 3.05) is 13.6 Å². The molecule has 0 aromatic carbocycles. The molecule has 2 N–H and O–H groups in total. The zero-order chi connectivity index (χ0) is 13.0. The van der Waals surface area contributed by atoms with Gasteiger partial charge in [-0.05, 0) is 38.6 Å². The van der Waals surface area contributed by atoms with E-state index in [4.69, 9.17) is 0 Å². The van der Waals surface area contributed by atoms with Gasteiger partial charge in [-0.15, -0.1) is 0 Å². The van der Waals surface area contributed by atoms with E-state index >= 15 is 0 Å². The highest BCUT2D eigenvalue weighted by atomic mass is 14.9. The van der Waals surface area contributed by atoms with E-state index in [9.17, 15) is 0 Å². The van der Waals surface area contributed by atoms with Gasteiger partial charge in [0.2, 0.25) is 0 Å². The number of rotatable bonds is 5. The highest BCUT2D eigenvalue weighted by molar-refractivity contribution is 5.54. The topological polar surface area (TPSA) is 53.6 Å². The Balaban J connectivity index is 2.37. The smallest absolute Gasteiger partial charge is 0.133 e. The molecule has 0 fully saturated rings. The van der Waals surface area contributed by atoms with Gasteiger partial charge < -0.3 is 10.3 Å². The van der Waals surface area contributed by atoms with E-state index in [0.29, 0.717) is 5.92 Å². The van der Waals surface area contributed by atoms with Crippen LogP contribution in [0.25, 0.3) is 11.4 Å². The fourth-order valence-electron chi connectivity index (χ4n) is 2.07. The summed E-state index contributed by atoms with van der Waals surface area (Å²) in [7, 11) is 1.96. The minimum absolute atomic E-state index is 0.364. The molecule has 2 rings (SSSR count). The van der Waals surface area contributed by atoms with Crippen molar-refractivity contribution in [1.82, 2.24) is 20.3 Å². The molecule has 4 nitrogen and oxygen atoms in total. The Morgan fingerprint density at radius 2 is 2.22 bits per heavy atom. The molecule has 1 unspecified atom stereocenters. The predicted molar refractivity (Wildman–Crippen MR) is 73.5 cm³/mol. The van der Waals surface area contributed by atoms with Crippen molar-refractivity contribution >= 4 is 0 Å². The molecule has 0 radical (unpaired) electrons. The molecule has 96 valence electrons. The molecule has 2 heterocycles. The van der Waals surface area contributed by atoms with E-state index in [0.717, 1.165) is 35.9 Å². The quantitative estimate of drug-likeness (QED) is 0.849. The third kappa shape index (κ3) is 2.76. The number of aryl methyl sites for hydroxylation is 1. The van der Waals surface area contributed by atoms with Gasteiger partial charge >= 0.3 is 0 Å². The number of nitrogens with zero attached hydrogens (tertiary/aromatic N) is 2. The highest BCUT2D eigenvalue weighted by Gasteiger charge is 2.14. The lowest BCUT2D eigenvalue weighted by atomic mass is 10.1. The maximum Gasteiger partial charge on any atom is 0.133 e.